The van der Waals surface area contributed by atoms with Crippen LogP contribution in [0.4, 0.5) is 0 Å². The zero-order chi connectivity index (χ0) is 12.4. The highest BCUT2D eigenvalue weighted by Crippen LogP contribution is 2.28. The van der Waals surface area contributed by atoms with Crippen molar-refractivity contribution in [3.63, 3.8) is 0 Å². The fourth-order valence-electron chi connectivity index (χ4n) is 1.42. The second kappa shape index (κ2) is 4.63. The summed E-state index contributed by atoms with van der Waals surface area (Å²) in [5, 5.41) is 9.47. The number of benzene rings is 1. The minimum atomic E-state index is -0.911. The second-order valence-electron chi connectivity index (χ2n) is 3.64. The van der Waals surface area contributed by atoms with Crippen molar-refractivity contribution in [1.29, 1.82) is 0 Å². The molecule has 0 atom stereocenters. The highest BCUT2D eigenvalue weighted by atomic mass is 32.2. The summed E-state index contributed by atoms with van der Waals surface area (Å²) in [4.78, 5) is 15.9. The average molecular weight is 249 g/mol. The molecule has 1 heterocycles. The van der Waals surface area contributed by atoms with Crippen LogP contribution in [0.2, 0.25) is 0 Å². The minimum absolute atomic E-state index is 0.318. The van der Waals surface area contributed by atoms with E-state index in [1.54, 1.807) is 25.3 Å². The maximum Gasteiger partial charge on any atom is 0.335 e. The Labute approximate surface area is 103 Å². The molecule has 1 N–H and O–H groups in total. The Bertz CT molecular complexity index is 563. The van der Waals surface area contributed by atoms with Crippen LogP contribution >= 0.6 is 11.8 Å². The Morgan fingerprint density at radius 2 is 2.18 bits per heavy atom. The van der Waals surface area contributed by atoms with Crippen LogP contribution in [-0.4, -0.2) is 16.1 Å². The lowest BCUT2D eigenvalue weighted by Crippen LogP contribution is -1.98. The van der Waals surface area contributed by atoms with Gasteiger partial charge in [0.1, 0.15) is 6.26 Å². The lowest BCUT2D eigenvalue weighted by atomic mass is 10.1. The molecule has 1 aromatic carbocycles. The molecule has 0 amide bonds. The van der Waals surface area contributed by atoms with E-state index >= 15 is 0 Å². The number of aromatic nitrogens is 1. The van der Waals surface area contributed by atoms with E-state index in [9.17, 15) is 4.79 Å². The molecule has 0 unspecified atom stereocenters. The number of oxazole rings is 1. The first-order valence-corrected chi connectivity index (χ1v) is 5.82. The number of aromatic carboxylic acids is 1. The highest BCUT2D eigenvalue weighted by Gasteiger charge is 2.09. The van der Waals surface area contributed by atoms with E-state index in [0.29, 0.717) is 10.8 Å². The number of rotatable bonds is 3. The van der Waals surface area contributed by atoms with Crippen molar-refractivity contribution in [3.8, 4) is 0 Å². The Kier molecular flexibility index (Phi) is 3.19. The van der Waals surface area contributed by atoms with Gasteiger partial charge in [-0.3, -0.25) is 0 Å². The second-order valence-corrected chi connectivity index (χ2v) is 4.66. The Morgan fingerprint density at radius 3 is 2.71 bits per heavy atom. The molecule has 0 spiro atoms. The number of carboxylic acid groups (broad SMARTS) is 1. The smallest absolute Gasteiger partial charge is 0.335 e. The van der Waals surface area contributed by atoms with Gasteiger partial charge >= 0.3 is 5.97 Å². The number of carbonyl (C=O) groups is 1. The fourth-order valence-corrected chi connectivity index (χ4v) is 2.28. The van der Waals surface area contributed by atoms with Crippen LogP contribution in [-0.2, 0) is 0 Å². The van der Waals surface area contributed by atoms with Gasteiger partial charge in [-0.05, 0) is 49.4 Å². The Morgan fingerprint density at radius 1 is 1.41 bits per heavy atom. The number of hydrogen-bond acceptors (Lipinski definition) is 4. The van der Waals surface area contributed by atoms with Gasteiger partial charge in [-0.1, -0.05) is 0 Å². The average Bonchev–Trinajstić information content (AvgIpc) is 2.63. The van der Waals surface area contributed by atoms with Gasteiger partial charge in [0.25, 0.3) is 5.22 Å². The van der Waals surface area contributed by atoms with Crippen LogP contribution in [0.3, 0.4) is 0 Å². The van der Waals surface area contributed by atoms with Crippen LogP contribution in [0, 0.1) is 13.8 Å². The van der Waals surface area contributed by atoms with Crippen LogP contribution in [0.15, 0.2) is 39.0 Å². The van der Waals surface area contributed by atoms with E-state index in [1.807, 2.05) is 13.0 Å². The molecule has 1 aromatic heterocycles. The maximum absolute atomic E-state index is 10.9. The number of carboxylic acids is 1. The van der Waals surface area contributed by atoms with Crippen LogP contribution in [0.25, 0.3) is 0 Å². The Hall–Kier alpha value is -1.75. The topological polar surface area (TPSA) is 63.3 Å². The molecule has 2 aromatic rings. The van der Waals surface area contributed by atoms with Gasteiger partial charge < -0.3 is 9.52 Å². The molecule has 0 aliphatic rings. The minimum Gasteiger partial charge on any atom is -0.478 e. The van der Waals surface area contributed by atoms with E-state index in [-0.39, 0.29) is 0 Å². The zero-order valence-electron chi connectivity index (χ0n) is 9.43. The summed E-state index contributed by atoms with van der Waals surface area (Å²) in [5.74, 6) is -0.911. The van der Waals surface area contributed by atoms with Gasteiger partial charge in [-0.2, -0.15) is 0 Å². The first-order chi connectivity index (χ1) is 8.06. The Balaban J connectivity index is 2.23. The van der Waals surface area contributed by atoms with Crippen LogP contribution < -0.4 is 0 Å². The molecule has 0 saturated heterocycles. The van der Waals surface area contributed by atoms with E-state index in [1.165, 1.54) is 11.8 Å². The highest BCUT2D eigenvalue weighted by molar-refractivity contribution is 7.99. The maximum atomic E-state index is 10.9. The normalized spacial score (nSPS) is 10.5. The van der Waals surface area contributed by atoms with Crippen molar-refractivity contribution in [2.75, 3.05) is 0 Å². The van der Waals surface area contributed by atoms with Crippen LogP contribution in [0.1, 0.15) is 21.6 Å². The van der Waals surface area contributed by atoms with E-state index < -0.39 is 5.97 Å². The first kappa shape index (κ1) is 11.7. The lowest BCUT2D eigenvalue weighted by Gasteiger charge is -2.02. The molecule has 0 fully saturated rings. The quantitative estimate of drug-likeness (QED) is 0.905. The molecule has 17 heavy (non-hydrogen) atoms. The third kappa shape index (κ3) is 2.68. The predicted octanol–water partition coefficient (Wildman–Crippen LogP) is 3.14. The van der Waals surface area contributed by atoms with Gasteiger partial charge in [-0.25, -0.2) is 9.78 Å². The van der Waals surface area contributed by atoms with E-state index in [2.05, 4.69) is 4.98 Å². The van der Waals surface area contributed by atoms with Gasteiger partial charge in [0.15, 0.2) is 0 Å². The third-order valence-corrected chi connectivity index (χ3v) is 3.08. The largest absolute Gasteiger partial charge is 0.478 e. The number of aryl methyl sites for hydroxylation is 2. The van der Waals surface area contributed by atoms with Gasteiger partial charge in [0, 0.05) is 4.90 Å². The molecule has 0 aliphatic carbocycles. The summed E-state index contributed by atoms with van der Waals surface area (Å²) >= 11 is 1.37. The first-order valence-electron chi connectivity index (χ1n) is 5.00. The SMILES string of the molecule is Cc1coc(Sc2ccc(C(=O)O)c(C)c2)n1. The summed E-state index contributed by atoms with van der Waals surface area (Å²) < 4.78 is 5.22. The van der Waals surface area contributed by atoms with Crippen molar-refractivity contribution in [3.05, 3.63) is 41.3 Å². The fraction of sp³-hybridized carbons (Fsp3) is 0.167. The summed E-state index contributed by atoms with van der Waals surface area (Å²) in [7, 11) is 0. The standard InChI is InChI=1S/C12H11NO3S/c1-7-5-9(3-4-10(7)11(14)15)17-12-13-8(2)6-16-12/h3-6H,1-2H3,(H,14,15). The van der Waals surface area contributed by atoms with Crippen molar-refractivity contribution in [2.45, 2.75) is 24.0 Å². The lowest BCUT2D eigenvalue weighted by molar-refractivity contribution is 0.0696. The third-order valence-electron chi connectivity index (χ3n) is 2.23. The molecule has 0 bridgehead atoms. The molecule has 88 valence electrons. The molecule has 0 saturated carbocycles. The molecule has 2 rings (SSSR count). The van der Waals surface area contributed by atoms with E-state index in [0.717, 1.165) is 16.2 Å². The van der Waals surface area contributed by atoms with Crippen molar-refractivity contribution in [1.82, 2.24) is 4.98 Å². The number of hydrogen-bond donors (Lipinski definition) is 1. The van der Waals surface area contributed by atoms with Crippen LogP contribution in [0.5, 0.6) is 0 Å². The monoisotopic (exact) mass is 249 g/mol. The summed E-state index contributed by atoms with van der Waals surface area (Å²) in [6, 6.07) is 5.16. The van der Waals surface area contributed by atoms with Gasteiger partial charge in [0.2, 0.25) is 0 Å². The van der Waals surface area contributed by atoms with Gasteiger partial charge in [0.05, 0.1) is 11.3 Å². The summed E-state index contributed by atoms with van der Waals surface area (Å²) in [6.45, 7) is 3.63. The summed E-state index contributed by atoms with van der Waals surface area (Å²) in [5.41, 5.74) is 1.87. The number of nitrogens with zero attached hydrogens (tertiary/aromatic N) is 1. The summed E-state index contributed by atoms with van der Waals surface area (Å²) in [6.07, 6.45) is 1.58. The molecule has 0 radical (unpaired) electrons. The van der Waals surface area contributed by atoms with Gasteiger partial charge in [-0.15, -0.1) is 0 Å². The predicted molar refractivity (Wildman–Crippen MR) is 63.5 cm³/mol. The molecule has 4 nitrogen and oxygen atoms in total. The molecular weight excluding hydrogens is 238 g/mol. The molecule has 5 heteroatoms. The van der Waals surface area contributed by atoms with Crippen molar-refractivity contribution < 1.29 is 14.3 Å². The van der Waals surface area contributed by atoms with E-state index in [4.69, 9.17) is 9.52 Å². The molecule has 0 aliphatic heterocycles. The van der Waals surface area contributed by atoms with Crippen molar-refractivity contribution >= 4 is 17.7 Å². The zero-order valence-corrected chi connectivity index (χ0v) is 10.2. The van der Waals surface area contributed by atoms with Crippen molar-refractivity contribution in [2.24, 2.45) is 0 Å². The molecular formula is C12H11NO3S.